The zero-order chi connectivity index (χ0) is 24.1. The number of nitrogens with one attached hydrogen (secondary N) is 1. The maximum Gasteiger partial charge on any atom is 0.573 e. The van der Waals surface area contributed by atoms with Gasteiger partial charge in [0.25, 0.3) is 0 Å². The van der Waals surface area contributed by atoms with Crippen molar-refractivity contribution < 1.29 is 31.1 Å². The summed E-state index contributed by atoms with van der Waals surface area (Å²) in [6.45, 7) is 0.120. The van der Waals surface area contributed by atoms with Gasteiger partial charge in [-0.2, -0.15) is 5.10 Å². The van der Waals surface area contributed by atoms with E-state index >= 15 is 0 Å². The van der Waals surface area contributed by atoms with Gasteiger partial charge in [-0.25, -0.2) is 17.8 Å². The first-order valence-electron chi connectivity index (χ1n) is 9.72. The molecule has 3 rings (SSSR count). The van der Waals surface area contributed by atoms with Crippen molar-refractivity contribution >= 4 is 15.9 Å². The van der Waals surface area contributed by atoms with Gasteiger partial charge in [0, 0.05) is 38.3 Å². The van der Waals surface area contributed by atoms with Crippen molar-refractivity contribution in [2.75, 3.05) is 13.6 Å². The van der Waals surface area contributed by atoms with Crippen LogP contribution in [0.3, 0.4) is 0 Å². The van der Waals surface area contributed by atoms with Gasteiger partial charge >= 0.3 is 6.36 Å². The third-order valence-corrected chi connectivity index (χ3v) is 5.98. The van der Waals surface area contributed by atoms with Crippen LogP contribution in [0, 0.1) is 0 Å². The van der Waals surface area contributed by atoms with E-state index < -0.39 is 22.1 Å². The molecule has 1 aromatic heterocycles. The molecule has 1 amide bonds. The van der Waals surface area contributed by atoms with Crippen molar-refractivity contribution in [2.24, 2.45) is 0 Å². The summed E-state index contributed by atoms with van der Waals surface area (Å²) in [6.07, 6.45) is -1.53. The molecule has 33 heavy (non-hydrogen) atoms. The van der Waals surface area contributed by atoms with Crippen molar-refractivity contribution in [1.29, 1.82) is 0 Å². The highest BCUT2D eigenvalue weighted by molar-refractivity contribution is 7.89. The number of nitrogens with zero attached hydrogens (tertiary/aromatic N) is 3. The fraction of sp³-hybridized carbons (Fsp3) is 0.238. The zero-order valence-corrected chi connectivity index (χ0v) is 18.3. The Bertz CT molecular complexity index is 1180. The number of sulfonamides is 1. The Morgan fingerprint density at radius 3 is 2.42 bits per heavy atom. The molecule has 0 unspecified atom stereocenters. The van der Waals surface area contributed by atoms with Gasteiger partial charge in [-0.3, -0.25) is 4.79 Å². The number of aromatic nitrogens is 2. The molecule has 0 aliphatic rings. The molecule has 0 bridgehead atoms. The van der Waals surface area contributed by atoms with Crippen LogP contribution in [0.2, 0.25) is 0 Å². The average molecular weight is 482 g/mol. The highest BCUT2D eigenvalue weighted by Gasteiger charge is 2.31. The molecule has 1 heterocycles. The number of benzene rings is 2. The number of alkyl halides is 3. The van der Waals surface area contributed by atoms with Crippen LogP contribution in [-0.4, -0.2) is 49.0 Å². The third-order valence-electron chi connectivity index (χ3n) is 4.50. The van der Waals surface area contributed by atoms with Crippen LogP contribution in [0.5, 0.6) is 5.75 Å². The molecule has 2 aromatic carbocycles. The molecule has 0 aliphatic carbocycles. The summed E-state index contributed by atoms with van der Waals surface area (Å²) in [4.78, 5) is 13.6. The molecule has 0 fully saturated rings. The van der Waals surface area contributed by atoms with Crippen LogP contribution >= 0.6 is 0 Å². The van der Waals surface area contributed by atoms with Gasteiger partial charge in [0.15, 0.2) is 0 Å². The fourth-order valence-corrected chi connectivity index (χ4v) is 3.94. The number of hydrogen-bond donors (Lipinski definition) is 1. The topological polar surface area (TPSA) is 93.5 Å². The maximum atomic E-state index is 12.4. The number of halogens is 3. The minimum Gasteiger partial charge on any atom is -0.406 e. The molecule has 12 heteroatoms. The van der Waals surface area contributed by atoms with Crippen molar-refractivity contribution in [3.05, 3.63) is 72.6 Å². The van der Waals surface area contributed by atoms with E-state index in [0.717, 1.165) is 35.5 Å². The van der Waals surface area contributed by atoms with Gasteiger partial charge in [-0.15, -0.1) is 13.2 Å². The number of hydrogen-bond acceptors (Lipinski definition) is 5. The number of rotatable bonds is 9. The predicted molar refractivity (Wildman–Crippen MR) is 113 cm³/mol. The van der Waals surface area contributed by atoms with Crippen LogP contribution in [-0.2, 0) is 21.4 Å². The summed E-state index contributed by atoms with van der Waals surface area (Å²) in [5.74, 6) is -0.826. The number of ether oxygens (including phenoxy) is 1. The van der Waals surface area contributed by atoms with E-state index in [1.165, 1.54) is 4.90 Å². The first-order valence-corrected chi connectivity index (χ1v) is 11.2. The lowest BCUT2D eigenvalue weighted by Crippen LogP contribution is -2.31. The summed E-state index contributed by atoms with van der Waals surface area (Å²) < 4.78 is 68.9. The quantitative estimate of drug-likeness (QED) is 0.506. The van der Waals surface area contributed by atoms with E-state index in [1.54, 1.807) is 24.1 Å². The molecule has 0 radical (unpaired) electrons. The second-order valence-electron chi connectivity index (χ2n) is 7.05. The Kier molecular flexibility index (Phi) is 7.39. The van der Waals surface area contributed by atoms with E-state index in [-0.39, 0.29) is 23.8 Å². The lowest BCUT2D eigenvalue weighted by atomic mass is 10.3. The summed E-state index contributed by atoms with van der Waals surface area (Å²) in [5, 5.41) is 4.27. The first kappa shape index (κ1) is 24.3. The Labute approximate surface area is 188 Å². The Balaban J connectivity index is 1.49. The van der Waals surface area contributed by atoms with Crippen LogP contribution in [0.25, 0.3) is 5.69 Å². The molecule has 0 saturated carbocycles. The highest BCUT2D eigenvalue weighted by atomic mass is 32.2. The molecule has 0 aliphatic heterocycles. The summed E-state index contributed by atoms with van der Waals surface area (Å²) in [6, 6.07) is 13.2. The van der Waals surface area contributed by atoms with E-state index in [1.807, 2.05) is 30.3 Å². The van der Waals surface area contributed by atoms with Crippen molar-refractivity contribution in [3.63, 3.8) is 0 Å². The number of carbonyl (C=O) groups excluding carboxylic acids is 1. The van der Waals surface area contributed by atoms with E-state index in [9.17, 15) is 26.4 Å². The number of amides is 1. The number of carbonyl (C=O) groups is 1. The smallest absolute Gasteiger partial charge is 0.406 e. The molecule has 3 aromatic rings. The zero-order valence-electron chi connectivity index (χ0n) is 17.5. The predicted octanol–water partition coefficient (Wildman–Crippen LogP) is 3.10. The lowest BCUT2D eigenvalue weighted by Gasteiger charge is -2.16. The van der Waals surface area contributed by atoms with Crippen molar-refractivity contribution in [1.82, 2.24) is 19.4 Å². The largest absolute Gasteiger partial charge is 0.573 e. The van der Waals surface area contributed by atoms with Crippen molar-refractivity contribution in [3.8, 4) is 11.4 Å². The summed E-state index contributed by atoms with van der Waals surface area (Å²) in [7, 11) is -2.41. The Morgan fingerprint density at radius 1 is 1.12 bits per heavy atom. The van der Waals surface area contributed by atoms with E-state index in [4.69, 9.17) is 0 Å². The molecule has 8 nitrogen and oxygen atoms in total. The highest BCUT2D eigenvalue weighted by Crippen LogP contribution is 2.23. The standard InChI is InChI=1S/C21H21F3N4O4S/c1-27(14-16-13-25-28(15-16)17-5-3-2-4-6-17)20(29)11-12-26-33(30,31)19-9-7-18(8-10-19)32-21(22,23)24/h2-10,13,15,26H,11-12,14H2,1H3. The van der Waals surface area contributed by atoms with Gasteiger partial charge in [0.1, 0.15) is 5.75 Å². The van der Waals surface area contributed by atoms with Crippen LogP contribution < -0.4 is 9.46 Å². The normalized spacial score (nSPS) is 11.9. The summed E-state index contributed by atoms with van der Waals surface area (Å²) >= 11 is 0. The van der Waals surface area contributed by atoms with Crippen molar-refractivity contribution in [2.45, 2.75) is 24.2 Å². The molecule has 1 N–H and O–H groups in total. The maximum absolute atomic E-state index is 12.4. The van der Waals surface area contributed by atoms with Crippen LogP contribution in [0.1, 0.15) is 12.0 Å². The van der Waals surface area contributed by atoms with Gasteiger partial charge in [0.05, 0.1) is 16.8 Å². The molecule has 176 valence electrons. The second kappa shape index (κ2) is 10.0. The molecular formula is C21H21F3N4O4S. The first-order chi connectivity index (χ1) is 15.5. The molecule has 0 spiro atoms. The lowest BCUT2D eigenvalue weighted by molar-refractivity contribution is -0.274. The van der Waals surface area contributed by atoms with Gasteiger partial charge in [-0.05, 0) is 36.4 Å². The van der Waals surface area contributed by atoms with Gasteiger partial charge in [0.2, 0.25) is 15.9 Å². The minimum atomic E-state index is -4.87. The molecular weight excluding hydrogens is 461 g/mol. The third kappa shape index (κ3) is 7.05. The Hall–Kier alpha value is -3.38. The number of para-hydroxylation sites is 1. The Morgan fingerprint density at radius 2 is 1.79 bits per heavy atom. The fourth-order valence-electron chi connectivity index (χ4n) is 2.91. The minimum absolute atomic E-state index is 0.0994. The SMILES string of the molecule is CN(Cc1cnn(-c2ccccc2)c1)C(=O)CCNS(=O)(=O)c1ccc(OC(F)(F)F)cc1. The van der Waals surface area contributed by atoms with Crippen LogP contribution in [0.4, 0.5) is 13.2 Å². The van der Waals surface area contributed by atoms with Crippen LogP contribution in [0.15, 0.2) is 71.9 Å². The average Bonchev–Trinajstić information content (AvgIpc) is 3.22. The van der Waals surface area contributed by atoms with E-state index in [2.05, 4.69) is 14.6 Å². The molecule has 0 atom stereocenters. The summed E-state index contributed by atoms with van der Waals surface area (Å²) in [5.41, 5.74) is 1.68. The molecule has 0 saturated heterocycles. The van der Waals surface area contributed by atoms with Gasteiger partial charge < -0.3 is 9.64 Å². The van der Waals surface area contributed by atoms with Gasteiger partial charge in [-0.1, -0.05) is 18.2 Å². The second-order valence-corrected chi connectivity index (χ2v) is 8.81. The van der Waals surface area contributed by atoms with E-state index in [0.29, 0.717) is 6.54 Å². The monoisotopic (exact) mass is 482 g/mol.